The molecule has 0 saturated carbocycles. The number of nitrogens with zero attached hydrogens (tertiary/aromatic N) is 1. The summed E-state index contributed by atoms with van der Waals surface area (Å²) in [5.74, 6) is 0.942. The van der Waals surface area contributed by atoms with Gasteiger partial charge in [-0.15, -0.1) is 11.8 Å². The van der Waals surface area contributed by atoms with Gasteiger partial charge in [0.2, 0.25) is 0 Å². The molecule has 4 nitrogen and oxygen atoms in total. The summed E-state index contributed by atoms with van der Waals surface area (Å²) in [5.41, 5.74) is 4.07. The summed E-state index contributed by atoms with van der Waals surface area (Å²) >= 11 is 1.72. The molecule has 3 rings (SSSR count). The van der Waals surface area contributed by atoms with Crippen molar-refractivity contribution < 1.29 is 0 Å². The highest BCUT2D eigenvalue weighted by Crippen LogP contribution is 2.24. The maximum atomic E-state index is 12.9. The van der Waals surface area contributed by atoms with Crippen LogP contribution in [0.15, 0.2) is 44.8 Å². The topological polar surface area (TPSA) is 54.9 Å². The number of benzene rings is 2. The molecule has 0 unspecified atom stereocenters. The van der Waals surface area contributed by atoms with E-state index in [9.17, 15) is 9.59 Å². The third kappa shape index (κ3) is 3.42. The number of aryl methyl sites for hydroxylation is 3. The van der Waals surface area contributed by atoms with Crippen LogP contribution in [0.5, 0.6) is 0 Å². The molecule has 130 valence electrons. The van der Waals surface area contributed by atoms with Crippen molar-refractivity contribution in [1.29, 1.82) is 0 Å². The summed E-state index contributed by atoms with van der Waals surface area (Å²) in [6.07, 6.45) is 0. The van der Waals surface area contributed by atoms with Crippen LogP contribution in [-0.4, -0.2) is 15.3 Å². The molecule has 25 heavy (non-hydrogen) atoms. The van der Waals surface area contributed by atoms with Crippen LogP contribution in [0, 0.1) is 20.8 Å². The zero-order chi connectivity index (χ0) is 18.1. The molecule has 1 N–H and O–H groups in total. The zero-order valence-electron chi connectivity index (χ0n) is 15.0. The lowest BCUT2D eigenvalue weighted by Gasteiger charge is -2.12. The van der Waals surface area contributed by atoms with Gasteiger partial charge in [0, 0.05) is 4.90 Å². The van der Waals surface area contributed by atoms with E-state index in [1.54, 1.807) is 11.8 Å². The largest absolute Gasteiger partial charge is 0.329 e. The van der Waals surface area contributed by atoms with Gasteiger partial charge in [0.25, 0.3) is 5.56 Å². The van der Waals surface area contributed by atoms with E-state index in [4.69, 9.17) is 0 Å². The van der Waals surface area contributed by atoms with Gasteiger partial charge in [0.05, 0.1) is 17.4 Å². The van der Waals surface area contributed by atoms with Gasteiger partial charge in [-0.3, -0.25) is 9.36 Å². The van der Waals surface area contributed by atoms with Crippen LogP contribution >= 0.6 is 11.8 Å². The van der Waals surface area contributed by atoms with E-state index in [0.29, 0.717) is 10.9 Å². The van der Waals surface area contributed by atoms with Crippen molar-refractivity contribution in [2.24, 2.45) is 0 Å². The van der Waals surface area contributed by atoms with E-state index in [-0.39, 0.29) is 17.8 Å². The van der Waals surface area contributed by atoms with E-state index in [0.717, 1.165) is 32.9 Å². The Hall–Kier alpha value is -2.27. The number of rotatable bonds is 4. The van der Waals surface area contributed by atoms with Crippen molar-refractivity contribution in [3.8, 4) is 0 Å². The summed E-state index contributed by atoms with van der Waals surface area (Å²) in [6, 6.07) is 9.98. The molecule has 3 aromatic rings. The summed E-state index contributed by atoms with van der Waals surface area (Å²) in [6.45, 7) is 8.25. The first-order chi connectivity index (χ1) is 11.9. The SMILES string of the molecule is CCSc1ccc(C)cc1Cn1c(=O)[nH]c2c(C)cc(C)cc2c1=O. The number of hydrogen-bond donors (Lipinski definition) is 1. The second-order valence-electron chi connectivity index (χ2n) is 6.37. The highest BCUT2D eigenvalue weighted by atomic mass is 32.2. The number of hydrogen-bond acceptors (Lipinski definition) is 3. The van der Waals surface area contributed by atoms with Crippen LogP contribution < -0.4 is 11.2 Å². The molecule has 0 bridgehead atoms. The third-order valence-corrected chi connectivity index (χ3v) is 5.27. The molecule has 1 aromatic heterocycles. The Bertz CT molecular complexity index is 1060. The number of H-pyrrole nitrogens is 1. The molecule has 0 atom stereocenters. The van der Waals surface area contributed by atoms with Crippen LogP contribution in [-0.2, 0) is 6.54 Å². The van der Waals surface area contributed by atoms with Gasteiger partial charge in [-0.2, -0.15) is 0 Å². The first kappa shape index (κ1) is 17.5. The van der Waals surface area contributed by atoms with E-state index in [1.807, 2.05) is 32.9 Å². The second kappa shape index (κ2) is 6.92. The first-order valence-corrected chi connectivity index (χ1v) is 9.35. The van der Waals surface area contributed by atoms with Crippen molar-refractivity contribution >= 4 is 22.7 Å². The number of aromatic amines is 1. The van der Waals surface area contributed by atoms with E-state index in [2.05, 4.69) is 30.1 Å². The Kier molecular flexibility index (Phi) is 4.86. The number of nitrogens with one attached hydrogen (secondary N) is 1. The minimum atomic E-state index is -0.363. The number of fused-ring (bicyclic) bond motifs is 1. The molecule has 5 heteroatoms. The lowest BCUT2D eigenvalue weighted by atomic mass is 10.1. The normalized spacial score (nSPS) is 11.2. The van der Waals surface area contributed by atoms with E-state index < -0.39 is 0 Å². The third-order valence-electron chi connectivity index (χ3n) is 4.28. The maximum Gasteiger partial charge on any atom is 0.329 e. The molecular formula is C20H22N2O2S. The summed E-state index contributed by atoms with van der Waals surface area (Å²) < 4.78 is 1.30. The average molecular weight is 354 g/mol. The van der Waals surface area contributed by atoms with Gasteiger partial charge in [0.1, 0.15) is 0 Å². The van der Waals surface area contributed by atoms with Gasteiger partial charge in [-0.05, 0) is 55.3 Å². The lowest BCUT2D eigenvalue weighted by Crippen LogP contribution is -2.35. The van der Waals surface area contributed by atoms with Gasteiger partial charge < -0.3 is 4.98 Å². The molecule has 0 fully saturated rings. The molecule has 0 spiro atoms. The highest BCUT2D eigenvalue weighted by molar-refractivity contribution is 7.99. The van der Waals surface area contributed by atoms with Crippen LogP contribution in [0.1, 0.15) is 29.2 Å². The van der Waals surface area contributed by atoms with Crippen LogP contribution in [0.4, 0.5) is 0 Å². The van der Waals surface area contributed by atoms with Crippen LogP contribution in [0.25, 0.3) is 10.9 Å². The van der Waals surface area contributed by atoms with Crippen molar-refractivity contribution in [2.45, 2.75) is 39.1 Å². The lowest BCUT2D eigenvalue weighted by molar-refractivity contribution is 0.702. The Morgan fingerprint density at radius 1 is 1.04 bits per heavy atom. The summed E-state index contributed by atoms with van der Waals surface area (Å²) in [4.78, 5) is 29.5. The maximum absolute atomic E-state index is 12.9. The Morgan fingerprint density at radius 2 is 1.80 bits per heavy atom. The molecule has 0 aliphatic heterocycles. The van der Waals surface area contributed by atoms with Crippen molar-refractivity contribution in [3.05, 3.63) is 73.4 Å². The summed E-state index contributed by atoms with van der Waals surface area (Å²) in [7, 11) is 0. The second-order valence-corrected chi connectivity index (χ2v) is 7.68. The van der Waals surface area contributed by atoms with Gasteiger partial charge >= 0.3 is 5.69 Å². The fourth-order valence-electron chi connectivity index (χ4n) is 3.16. The smallest absolute Gasteiger partial charge is 0.306 e. The number of aromatic nitrogens is 2. The van der Waals surface area contributed by atoms with Gasteiger partial charge in [0.15, 0.2) is 0 Å². The van der Waals surface area contributed by atoms with Crippen LogP contribution in [0.3, 0.4) is 0 Å². The molecular weight excluding hydrogens is 332 g/mol. The highest BCUT2D eigenvalue weighted by Gasteiger charge is 2.12. The Balaban J connectivity index is 2.19. The Labute approximate surface area is 150 Å². The molecule has 0 aliphatic carbocycles. The van der Waals surface area contributed by atoms with Crippen LogP contribution in [0.2, 0.25) is 0 Å². The van der Waals surface area contributed by atoms with E-state index >= 15 is 0 Å². The Morgan fingerprint density at radius 3 is 2.52 bits per heavy atom. The zero-order valence-corrected chi connectivity index (χ0v) is 15.8. The predicted molar refractivity (Wildman–Crippen MR) is 105 cm³/mol. The molecule has 0 aliphatic rings. The van der Waals surface area contributed by atoms with Crippen molar-refractivity contribution in [3.63, 3.8) is 0 Å². The molecule has 1 heterocycles. The minimum Gasteiger partial charge on any atom is -0.306 e. The number of thioether (sulfide) groups is 1. The molecule has 0 radical (unpaired) electrons. The quantitative estimate of drug-likeness (QED) is 0.726. The molecule has 0 amide bonds. The summed E-state index contributed by atoms with van der Waals surface area (Å²) in [5, 5.41) is 0.564. The molecule has 0 saturated heterocycles. The van der Waals surface area contributed by atoms with E-state index in [1.165, 1.54) is 4.57 Å². The average Bonchev–Trinajstić information content (AvgIpc) is 2.55. The monoisotopic (exact) mass is 354 g/mol. The predicted octanol–water partition coefficient (Wildman–Crippen LogP) is 3.78. The standard InChI is InChI=1S/C20H22N2O2S/c1-5-25-17-7-6-12(2)9-15(17)11-22-19(23)16-10-13(3)8-14(4)18(16)21-20(22)24/h6-10H,5,11H2,1-4H3,(H,21,24). The fraction of sp³-hybridized carbons (Fsp3) is 0.300. The van der Waals surface area contributed by atoms with Crippen molar-refractivity contribution in [2.75, 3.05) is 5.75 Å². The fourth-order valence-corrected chi connectivity index (χ4v) is 3.94. The minimum absolute atomic E-state index is 0.237. The van der Waals surface area contributed by atoms with Gasteiger partial charge in [-0.25, -0.2) is 4.79 Å². The van der Waals surface area contributed by atoms with Gasteiger partial charge in [-0.1, -0.05) is 30.7 Å². The van der Waals surface area contributed by atoms with Crippen molar-refractivity contribution in [1.82, 2.24) is 9.55 Å². The first-order valence-electron chi connectivity index (χ1n) is 8.37. The molecule has 2 aromatic carbocycles.